The largest absolute Gasteiger partial charge is 0.326 e. The Balaban J connectivity index is 1.46. The maximum absolute atomic E-state index is 12.5. The summed E-state index contributed by atoms with van der Waals surface area (Å²) < 4.78 is 27.6. The summed E-state index contributed by atoms with van der Waals surface area (Å²) >= 11 is 0. The first kappa shape index (κ1) is 24.2. The third kappa shape index (κ3) is 7.85. The number of carbonyl (C=O) groups is 2. The quantitative estimate of drug-likeness (QED) is 0.424. The molecule has 0 bridgehead atoms. The molecule has 3 aromatic carbocycles. The second-order valence-electron chi connectivity index (χ2n) is 7.58. The van der Waals surface area contributed by atoms with Crippen molar-refractivity contribution in [2.45, 2.75) is 31.1 Å². The number of rotatable bonds is 10. The van der Waals surface area contributed by atoms with Gasteiger partial charge in [0.05, 0.1) is 4.90 Å². The smallest absolute Gasteiger partial charge is 0.240 e. The molecular weight excluding hydrogens is 438 g/mol. The Morgan fingerprint density at radius 3 is 1.91 bits per heavy atom. The zero-order valence-corrected chi connectivity index (χ0v) is 19.2. The molecule has 0 atom stereocenters. The Morgan fingerprint density at radius 2 is 1.30 bits per heavy atom. The number of anilines is 2. The van der Waals surface area contributed by atoms with E-state index in [2.05, 4.69) is 15.4 Å². The van der Waals surface area contributed by atoms with Gasteiger partial charge in [0.1, 0.15) is 0 Å². The number of hydrogen-bond donors (Lipinski definition) is 3. The molecule has 0 aliphatic rings. The normalized spacial score (nSPS) is 11.1. The number of nitrogens with one attached hydrogen (secondary N) is 3. The fraction of sp³-hybridized carbons (Fsp3) is 0.200. The van der Waals surface area contributed by atoms with Crippen molar-refractivity contribution < 1.29 is 18.0 Å². The van der Waals surface area contributed by atoms with Crippen LogP contribution in [0.3, 0.4) is 0 Å². The van der Waals surface area contributed by atoms with Crippen LogP contribution >= 0.6 is 0 Å². The molecule has 3 N–H and O–H groups in total. The van der Waals surface area contributed by atoms with E-state index >= 15 is 0 Å². The Labute approximate surface area is 194 Å². The van der Waals surface area contributed by atoms with Crippen LogP contribution in [0.4, 0.5) is 11.4 Å². The minimum atomic E-state index is -3.59. The number of sulfonamides is 1. The van der Waals surface area contributed by atoms with E-state index in [1.54, 1.807) is 48.5 Å². The van der Waals surface area contributed by atoms with Crippen molar-refractivity contribution in [3.63, 3.8) is 0 Å². The van der Waals surface area contributed by atoms with E-state index in [9.17, 15) is 18.0 Å². The zero-order valence-electron chi connectivity index (χ0n) is 18.4. The Hall–Kier alpha value is -3.49. The van der Waals surface area contributed by atoms with E-state index in [-0.39, 0.29) is 23.1 Å². The fourth-order valence-electron chi connectivity index (χ4n) is 3.21. The average Bonchev–Trinajstić information content (AvgIpc) is 2.79. The summed E-state index contributed by atoms with van der Waals surface area (Å²) in [5.74, 6) is -0.310. The van der Waals surface area contributed by atoms with E-state index in [4.69, 9.17) is 0 Å². The highest BCUT2D eigenvalue weighted by molar-refractivity contribution is 7.89. The number of hydrogen-bond acceptors (Lipinski definition) is 4. The highest BCUT2D eigenvalue weighted by Gasteiger charge is 2.13. The third-order valence-corrected chi connectivity index (χ3v) is 6.39. The molecule has 0 saturated carbocycles. The highest BCUT2D eigenvalue weighted by Crippen LogP contribution is 2.15. The van der Waals surface area contributed by atoms with Gasteiger partial charge in [-0.05, 0) is 60.4 Å². The van der Waals surface area contributed by atoms with Crippen LogP contribution in [0.5, 0.6) is 0 Å². The van der Waals surface area contributed by atoms with Gasteiger partial charge in [0.15, 0.2) is 0 Å². The molecular formula is C25H27N3O4S. The molecule has 3 rings (SSSR count). The van der Waals surface area contributed by atoms with Crippen molar-refractivity contribution in [3.05, 3.63) is 90.0 Å². The predicted octanol–water partition coefficient (Wildman–Crippen LogP) is 3.74. The van der Waals surface area contributed by atoms with Crippen molar-refractivity contribution in [1.82, 2.24) is 4.72 Å². The van der Waals surface area contributed by atoms with Gasteiger partial charge < -0.3 is 10.6 Å². The van der Waals surface area contributed by atoms with Crippen molar-refractivity contribution in [3.8, 4) is 0 Å². The lowest BCUT2D eigenvalue weighted by atomic mass is 10.1. The number of benzene rings is 3. The first-order valence-corrected chi connectivity index (χ1v) is 12.1. The second-order valence-corrected chi connectivity index (χ2v) is 9.35. The minimum absolute atomic E-state index is 0.151. The summed E-state index contributed by atoms with van der Waals surface area (Å²) in [6.45, 7) is 1.75. The highest BCUT2D eigenvalue weighted by atomic mass is 32.2. The van der Waals surface area contributed by atoms with Crippen LogP contribution in [0.2, 0.25) is 0 Å². The maximum Gasteiger partial charge on any atom is 0.240 e. The van der Waals surface area contributed by atoms with E-state index in [0.717, 1.165) is 11.1 Å². The lowest BCUT2D eigenvalue weighted by molar-refractivity contribution is -0.116. The van der Waals surface area contributed by atoms with Gasteiger partial charge in [-0.15, -0.1) is 0 Å². The van der Waals surface area contributed by atoms with Gasteiger partial charge in [-0.1, -0.05) is 42.5 Å². The topological polar surface area (TPSA) is 104 Å². The van der Waals surface area contributed by atoms with Gasteiger partial charge in [-0.2, -0.15) is 0 Å². The molecule has 0 fully saturated rings. The number of carbonyl (C=O) groups excluding carboxylic acids is 2. The molecule has 0 spiro atoms. The van der Waals surface area contributed by atoms with E-state index < -0.39 is 10.0 Å². The Bertz CT molecular complexity index is 1180. The molecule has 0 saturated heterocycles. The molecule has 0 aromatic heterocycles. The van der Waals surface area contributed by atoms with Crippen LogP contribution in [0.15, 0.2) is 83.8 Å². The molecule has 8 heteroatoms. The molecule has 2 amide bonds. The van der Waals surface area contributed by atoms with Crippen LogP contribution in [0, 0.1) is 0 Å². The Morgan fingerprint density at radius 1 is 0.727 bits per heavy atom. The molecule has 0 radical (unpaired) electrons. The van der Waals surface area contributed by atoms with Crippen molar-refractivity contribution in [2.24, 2.45) is 0 Å². The van der Waals surface area contributed by atoms with Gasteiger partial charge in [0.2, 0.25) is 21.8 Å². The molecule has 0 heterocycles. The predicted molar refractivity (Wildman–Crippen MR) is 129 cm³/mol. The molecule has 0 aliphatic carbocycles. The van der Waals surface area contributed by atoms with E-state index in [1.807, 2.05) is 30.3 Å². The lowest BCUT2D eigenvalue weighted by Gasteiger charge is -2.09. The monoisotopic (exact) mass is 465 g/mol. The van der Waals surface area contributed by atoms with Gasteiger partial charge in [0.25, 0.3) is 0 Å². The average molecular weight is 466 g/mol. The fourth-order valence-corrected chi connectivity index (χ4v) is 4.25. The molecule has 0 unspecified atom stereocenters. The zero-order chi connectivity index (χ0) is 23.7. The van der Waals surface area contributed by atoms with Crippen molar-refractivity contribution >= 4 is 33.2 Å². The molecule has 33 heavy (non-hydrogen) atoms. The summed E-state index contributed by atoms with van der Waals surface area (Å²) in [5.41, 5.74) is 3.23. The number of amides is 2. The van der Waals surface area contributed by atoms with Gasteiger partial charge in [0, 0.05) is 31.3 Å². The van der Waals surface area contributed by atoms with Crippen LogP contribution in [0.25, 0.3) is 0 Å². The van der Waals surface area contributed by atoms with Gasteiger partial charge in [-0.25, -0.2) is 13.1 Å². The number of aryl methyl sites for hydroxylation is 1. The van der Waals surface area contributed by atoms with Crippen molar-refractivity contribution in [2.75, 3.05) is 17.2 Å². The van der Waals surface area contributed by atoms with Crippen molar-refractivity contribution in [1.29, 1.82) is 0 Å². The molecule has 3 aromatic rings. The minimum Gasteiger partial charge on any atom is -0.326 e. The molecule has 7 nitrogen and oxygen atoms in total. The van der Waals surface area contributed by atoms with Gasteiger partial charge >= 0.3 is 0 Å². The lowest BCUT2D eigenvalue weighted by Crippen LogP contribution is -2.26. The summed E-state index contributed by atoms with van der Waals surface area (Å²) in [5, 5.41) is 5.47. The second kappa shape index (κ2) is 11.4. The Kier molecular flexibility index (Phi) is 8.34. The van der Waals surface area contributed by atoms with Crippen LogP contribution < -0.4 is 15.4 Å². The summed E-state index contributed by atoms with van der Waals surface area (Å²) in [6, 6.07) is 23.1. The van der Waals surface area contributed by atoms with E-state index in [0.29, 0.717) is 30.8 Å². The SMILES string of the molecule is CC(=O)Nc1ccc(NC(=O)CCc2ccc(S(=O)(=O)NCCc3ccccc3)cc2)cc1. The standard InChI is InChI=1S/C25H27N3O4S/c1-19(29)27-22-10-12-23(13-11-22)28-25(30)16-9-21-7-14-24(15-8-21)33(31,32)26-18-17-20-5-3-2-4-6-20/h2-8,10-15,26H,9,16-18H2,1H3,(H,27,29)(H,28,30). The third-order valence-electron chi connectivity index (χ3n) is 4.91. The summed E-state index contributed by atoms with van der Waals surface area (Å²) in [7, 11) is -3.59. The van der Waals surface area contributed by atoms with Crippen LogP contribution in [-0.4, -0.2) is 26.8 Å². The van der Waals surface area contributed by atoms with E-state index in [1.165, 1.54) is 6.92 Å². The molecule has 0 aliphatic heterocycles. The van der Waals surface area contributed by atoms with Gasteiger partial charge in [-0.3, -0.25) is 9.59 Å². The summed E-state index contributed by atoms with van der Waals surface area (Å²) in [6.07, 6.45) is 1.36. The van der Waals surface area contributed by atoms with Crippen LogP contribution in [-0.2, 0) is 32.5 Å². The first-order valence-electron chi connectivity index (χ1n) is 10.6. The maximum atomic E-state index is 12.5. The molecule has 172 valence electrons. The summed E-state index contributed by atoms with van der Waals surface area (Å²) in [4.78, 5) is 23.5. The first-order chi connectivity index (χ1) is 15.8. The van der Waals surface area contributed by atoms with Crippen LogP contribution in [0.1, 0.15) is 24.5 Å².